The first-order valence-electron chi connectivity index (χ1n) is 7.09. The molecule has 0 aliphatic carbocycles. The maximum atomic E-state index is 11.4. The lowest BCUT2D eigenvalue weighted by atomic mass is 9.94. The fraction of sp³-hybridized carbons (Fsp3) is 0.929. The van der Waals surface area contributed by atoms with Crippen molar-refractivity contribution in [1.29, 1.82) is 0 Å². The molecule has 0 rings (SSSR count). The van der Waals surface area contributed by atoms with Gasteiger partial charge in [0.25, 0.3) is 0 Å². The minimum absolute atomic E-state index is 0.184. The summed E-state index contributed by atoms with van der Waals surface area (Å²) in [5.74, 6) is -0.755. The van der Waals surface area contributed by atoms with E-state index in [1.165, 1.54) is 0 Å². The molecule has 0 spiro atoms. The van der Waals surface area contributed by atoms with Crippen LogP contribution < -0.4 is 5.32 Å². The number of nitrogens with one attached hydrogen (secondary N) is 1. The first-order valence-corrected chi connectivity index (χ1v) is 7.09. The van der Waals surface area contributed by atoms with Gasteiger partial charge in [0.1, 0.15) is 5.54 Å². The van der Waals surface area contributed by atoms with Crippen LogP contribution >= 0.6 is 0 Å². The van der Waals surface area contributed by atoms with Gasteiger partial charge in [0.15, 0.2) is 0 Å². The van der Waals surface area contributed by atoms with Gasteiger partial charge in [-0.15, -0.1) is 0 Å². The Balaban J connectivity index is 4.23. The summed E-state index contributed by atoms with van der Waals surface area (Å²) in [5, 5.41) is 12.5. The van der Waals surface area contributed by atoms with Gasteiger partial charge < -0.3 is 10.0 Å². The van der Waals surface area contributed by atoms with Gasteiger partial charge >= 0.3 is 5.97 Å². The van der Waals surface area contributed by atoms with E-state index < -0.39 is 11.5 Å². The zero-order valence-corrected chi connectivity index (χ0v) is 12.6. The maximum Gasteiger partial charge on any atom is 0.323 e. The van der Waals surface area contributed by atoms with Crippen LogP contribution in [0.2, 0.25) is 0 Å². The lowest BCUT2D eigenvalue weighted by Gasteiger charge is -2.30. The van der Waals surface area contributed by atoms with Crippen molar-refractivity contribution < 1.29 is 9.90 Å². The summed E-state index contributed by atoms with van der Waals surface area (Å²) in [7, 11) is 0. The molecule has 1 atom stereocenters. The second-order valence-electron chi connectivity index (χ2n) is 5.47. The van der Waals surface area contributed by atoms with E-state index in [1.807, 2.05) is 13.8 Å². The number of rotatable bonds is 10. The Hall–Kier alpha value is -0.610. The van der Waals surface area contributed by atoms with Crippen molar-refractivity contribution in [3.05, 3.63) is 0 Å². The molecule has 2 N–H and O–H groups in total. The normalized spacial score (nSPS) is 15.1. The van der Waals surface area contributed by atoms with Crippen molar-refractivity contribution in [2.24, 2.45) is 0 Å². The van der Waals surface area contributed by atoms with Gasteiger partial charge in [0, 0.05) is 6.04 Å². The molecule has 0 aliphatic rings. The molecule has 0 saturated carbocycles. The molecule has 0 fully saturated rings. The van der Waals surface area contributed by atoms with E-state index in [1.54, 1.807) is 6.92 Å². The molecular formula is C14H30N2O2. The summed E-state index contributed by atoms with van der Waals surface area (Å²) in [4.78, 5) is 13.7. The number of carboxylic acid groups (broad SMARTS) is 1. The molecule has 0 aromatic heterocycles. The first-order chi connectivity index (χ1) is 8.35. The van der Waals surface area contributed by atoms with Crippen LogP contribution in [0.4, 0.5) is 0 Å². The van der Waals surface area contributed by atoms with E-state index in [9.17, 15) is 9.90 Å². The predicted octanol–water partition coefficient (Wildman–Crippen LogP) is 2.34. The smallest absolute Gasteiger partial charge is 0.323 e. The Morgan fingerprint density at radius 2 is 1.94 bits per heavy atom. The molecular weight excluding hydrogens is 228 g/mol. The molecule has 0 saturated heterocycles. The number of carbonyl (C=O) groups is 1. The molecule has 4 heteroatoms. The minimum atomic E-state index is -0.806. The average Bonchev–Trinajstić information content (AvgIpc) is 2.26. The Morgan fingerprint density at radius 3 is 2.33 bits per heavy atom. The summed E-state index contributed by atoms with van der Waals surface area (Å²) in [5.41, 5.74) is -0.806. The van der Waals surface area contributed by atoms with Crippen molar-refractivity contribution in [1.82, 2.24) is 10.2 Å². The molecule has 18 heavy (non-hydrogen) atoms. The number of nitrogens with zero attached hydrogens (tertiary/aromatic N) is 1. The van der Waals surface area contributed by atoms with E-state index in [2.05, 4.69) is 24.1 Å². The summed E-state index contributed by atoms with van der Waals surface area (Å²) >= 11 is 0. The SMILES string of the molecule is CCCN(CC)CCCC(C)(NC(C)C)C(=O)O. The zero-order valence-electron chi connectivity index (χ0n) is 12.6. The molecule has 0 aliphatic heterocycles. The molecule has 0 heterocycles. The Kier molecular flexibility index (Phi) is 8.20. The van der Waals surface area contributed by atoms with Crippen LogP contribution in [0, 0.1) is 0 Å². The summed E-state index contributed by atoms with van der Waals surface area (Å²) in [6, 6.07) is 0.184. The number of hydrogen-bond acceptors (Lipinski definition) is 3. The van der Waals surface area contributed by atoms with Crippen molar-refractivity contribution in [3.63, 3.8) is 0 Å². The Morgan fingerprint density at radius 1 is 1.33 bits per heavy atom. The van der Waals surface area contributed by atoms with Crippen LogP contribution in [0.3, 0.4) is 0 Å². The zero-order chi connectivity index (χ0) is 14.2. The van der Waals surface area contributed by atoms with Crippen LogP contribution in [-0.2, 0) is 4.79 Å². The van der Waals surface area contributed by atoms with E-state index in [0.29, 0.717) is 6.42 Å². The van der Waals surface area contributed by atoms with E-state index in [4.69, 9.17) is 0 Å². The third kappa shape index (κ3) is 6.36. The summed E-state index contributed by atoms with van der Waals surface area (Å²) in [6.07, 6.45) is 2.73. The number of hydrogen-bond donors (Lipinski definition) is 2. The quantitative estimate of drug-likeness (QED) is 0.631. The second kappa shape index (κ2) is 8.48. The van der Waals surface area contributed by atoms with Gasteiger partial charge in [-0.1, -0.05) is 13.8 Å². The van der Waals surface area contributed by atoms with Crippen LogP contribution in [0.5, 0.6) is 0 Å². The monoisotopic (exact) mass is 258 g/mol. The highest BCUT2D eigenvalue weighted by atomic mass is 16.4. The lowest BCUT2D eigenvalue weighted by molar-refractivity contribution is -0.144. The van der Waals surface area contributed by atoms with Gasteiger partial charge in [-0.25, -0.2) is 0 Å². The molecule has 1 unspecified atom stereocenters. The first kappa shape index (κ1) is 17.4. The summed E-state index contributed by atoms with van der Waals surface area (Å²) in [6.45, 7) is 13.2. The fourth-order valence-electron chi connectivity index (χ4n) is 2.28. The summed E-state index contributed by atoms with van der Waals surface area (Å²) < 4.78 is 0. The van der Waals surface area contributed by atoms with Crippen molar-refractivity contribution in [3.8, 4) is 0 Å². The number of aliphatic carboxylic acids is 1. The average molecular weight is 258 g/mol. The van der Waals surface area contributed by atoms with Gasteiger partial charge in [0.2, 0.25) is 0 Å². The van der Waals surface area contributed by atoms with Gasteiger partial charge in [0.05, 0.1) is 0 Å². The molecule has 108 valence electrons. The van der Waals surface area contributed by atoms with Crippen molar-refractivity contribution in [2.45, 2.75) is 65.5 Å². The third-order valence-electron chi connectivity index (χ3n) is 3.22. The molecule has 4 nitrogen and oxygen atoms in total. The second-order valence-corrected chi connectivity index (χ2v) is 5.47. The Bertz CT molecular complexity index is 244. The van der Waals surface area contributed by atoms with E-state index in [0.717, 1.165) is 32.5 Å². The largest absolute Gasteiger partial charge is 0.480 e. The van der Waals surface area contributed by atoms with Crippen LogP contribution in [0.1, 0.15) is 53.9 Å². The van der Waals surface area contributed by atoms with E-state index in [-0.39, 0.29) is 6.04 Å². The minimum Gasteiger partial charge on any atom is -0.480 e. The fourth-order valence-corrected chi connectivity index (χ4v) is 2.28. The van der Waals surface area contributed by atoms with Gasteiger partial charge in [-0.05, 0) is 59.7 Å². The van der Waals surface area contributed by atoms with Crippen LogP contribution in [0.15, 0.2) is 0 Å². The number of carboxylic acids is 1. The standard InChI is InChI=1S/C14H30N2O2/c1-6-10-16(7-2)11-8-9-14(5,13(17)18)15-12(3)4/h12,15H,6-11H2,1-5H3,(H,17,18). The maximum absolute atomic E-state index is 11.4. The molecule has 0 amide bonds. The Labute approximate surface area is 112 Å². The van der Waals surface area contributed by atoms with Crippen molar-refractivity contribution >= 4 is 5.97 Å². The van der Waals surface area contributed by atoms with Gasteiger partial charge in [-0.2, -0.15) is 0 Å². The van der Waals surface area contributed by atoms with E-state index >= 15 is 0 Å². The molecule has 0 aromatic rings. The highest BCUT2D eigenvalue weighted by Crippen LogP contribution is 2.14. The van der Waals surface area contributed by atoms with Crippen LogP contribution in [-0.4, -0.2) is 47.2 Å². The predicted molar refractivity (Wildman–Crippen MR) is 76.0 cm³/mol. The van der Waals surface area contributed by atoms with Crippen LogP contribution in [0.25, 0.3) is 0 Å². The molecule has 0 bridgehead atoms. The lowest BCUT2D eigenvalue weighted by Crippen LogP contribution is -2.52. The molecule has 0 aromatic carbocycles. The highest BCUT2D eigenvalue weighted by Gasteiger charge is 2.32. The van der Waals surface area contributed by atoms with Gasteiger partial charge in [-0.3, -0.25) is 10.1 Å². The molecule has 0 radical (unpaired) electrons. The highest BCUT2D eigenvalue weighted by molar-refractivity contribution is 5.78. The topological polar surface area (TPSA) is 52.6 Å². The third-order valence-corrected chi connectivity index (χ3v) is 3.22. The van der Waals surface area contributed by atoms with Crippen molar-refractivity contribution in [2.75, 3.05) is 19.6 Å².